The Morgan fingerprint density at radius 3 is 2.62 bits per heavy atom. The second-order valence-electron chi connectivity index (χ2n) is 10.8. The van der Waals surface area contributed by atoms with Gasteiger partial charge in [-0.15, -0.1) is 10.1 Å². The number of phenolic OH excluding ortho intramolecular Hbond substituents is 1. The van der Waals surface area contributed by atoms with Crippen LogP contribution in [0.3, 0.4) is 0 Å². The van der Waals surface area contributed by atoms with Crippen LogP contribution in [-0.4, -0.2) is 34.1 Å². The Morgan fingerprint density at radius 1 is 1.22 bits per heavy atom. The molecule has 1 saturated carbocycles. The van der Waals surface area contributed by atoms with E-state index in [1.807, 2.05) is 6.07 Å². The van der Waals surface area contributed by atoms with Gasteiger partial charge in [0.1, 0.15) is 17.1 Å². The molecule has 1 fully saturated rings. The smallest absolute Gasteiger partial charge is 0.294 e. The Balaban J connectivity index is 1.70. The zero-order valence-corrected chi connectivity index (χ0v) is 19.9. The van der Waals surface area contributed by atoms with Gasteiger partial charge < -0.3 is 19.8 Å². The first-order valence-corrected chi connectivity index (χ1v) is 12.0. The number of aliphatic hydroxyl groups is 1. The molecule has 0 radical (unpaired) electrons. The standard InChI is InChI=1S/C25H39NO6/c1-24(2,11-7-5-6-8-12-31-26(29)30)18-14-21(28)23-19-13-17(16-27)9-10-20(19)25(3,4)32-22(23)15-18/h14-15,17,19-20,27-28H,5-13,16H2,1-4H3/t17-,19-,20-/m1/s1. The first-order chi connectivity index (χ1) is 15.0. The number of fused-ring (bicyclic) bond motifs is 3. The van der Waals surface area contributed by atoms with Crippen LogP contribution in [0.5, 0.6) is 11.5 Å². The van der Waals surface area contributed by atoms with Crippen LogP contribution in [0.1, 0.15) is 96.1 Å². The van der Waals surface area contributed by atoms with Gasteiger partial charge in [0.05, 0.1) is 6.61 Å². The van der Waals surface area contributed by atoms with Crippen molar-refractivity contribution in [2.45, 2.75) is 96.0 Å². The Labute approximate surface area is 191 Å². The summed E-state index contributed by atoms with van der Waals surface area (Å²) in [5.74, 6) is 1.92. The maximum absolute atomic E-state index is 11.1. The zero-order chi connectivity index (χ0) is 23.5. The van der Waals surface area contributed by atoms with Crippen molar-refractivity contribution in [1.82, 2.24) is 0 Å². The Bertz CT molecular complexity index is 806. The van der Waals surface area contributed by atoms with Crippen molar-refractivity contribution in [2.24, 2.45) is 11.8 Å². The number of ether oxygens (including phenoxy) is 1. The van der Waals surface area contributed by atoms with E-state index in [2.05, 4.69) is 38.6 Å². The highest BCUT2D eigenvalue weighted by atomic mass is 16.9. The van der Waals surface area contributed by atoms with Crippen LogP contribution in [0.4, 0.5) is 0 Å². The lowest BCUT2D eigenvalue weighted by atomic mass is 9.63. The van der Waals surface area contributed by atoms with Crippen LogP contribution in [0, 0.1) is 22.0 Å². The summed E-state index contributed by atoms with van der Waals surface area (Å²) in [4.78, 5) is 14.6. The summed E-state index contributed by atoms with van der Waals surface area (Å²) in [6, 6.07) is 4.02. The first-order valence-electron chi connectivity index (χ1n) is 12.0. The number of aromatic hydroxyl groups is 1. The van der Waals surface area contributed by atoms with Gasteiger partial charge in [0, 0.05) is 18.1 Å². The number of hydrogen-bond acceptors (Lipinski definition) is 6. The van der Waals surface area contributed by atoms with Gasteiger partial charge in [0.2, 0.25) is 0 Å². The number of hydrogen-bond donors (Lipinski definition) is 2. The summed E-state index contributed by atoms with van der Waals surface area (Å²) in [7, 11) is 0. The summed E-state index contributed by atoms with van der Waals surface area (Å²) >= 11 is 0. The first kappa shape index (κ1) is 24.6. The topological polar surface area (TPSA) is 102 Å². The quantitative estimate of drug-likeness (QED) is 0.278. The molecule has 0 aromatic heterocycles. The number of rotatable bonds is 10. The largest absolute Gasteiger partial charge is 0.508 e. The fourth-order valence-corrected chi connectivity index (χ4v) is 5.70. The molecular weight excluding hydrogens is 410 g/mol. The third-order valence-electron chi connectivity index (χ3n) is 7.65. The molecule has 1 aromatic carbocycles. The Morgan fingerprint density at radius 2 is 1.94 bits per heavy atom. The molecular formula is C25H39NO6. The van der Waals surface area contributed by atoms with Gasteiger partial charge >= 0.3 is 0 Å². The lowest BCUT2D eigenvalue weighted by molar-refractivity contribution is -0.757. The van der Waals surface area contributed by atoms with Gasteiger partial charge in [-0.2, -0.15) is 0 Å². The molecule has 1 aliphatic heterocycles. The van der Waals surface area contributed by atoms with Crippen molar-refractivity contribution in [3.05, 3.63) is 33.4 Å². The van der Waals surface area contributed by atoms with E-state index in [1.54, 1.807) is 0 Å². The van der Waals surface area contributed by atoms with Crippen molar-refractivity contribution in [3.63, 3.8) is 0 Å². The van der Waals surface area contributed by atoms with Crippen LogP contribution in [0.25, 0.3) is 0 Å². The van der Waals surface area contributed by atoms with E-state index in [9.17, 15) is 20.3 Å². The number of benzene rings is 1. The molecule has 3 atom stereocenters. The molecule has 0 bridgehead atoms. The van der Waals surface area contributed by atoms with Crippen molar-refractivity contribution in [2.75, 3.05) is 13.2 Å². The number of unbranched alkanes of at least 4 members (excludes halogenated alkanes) is 3. The average molecular weight is 450 g/mol. The molecule has 1 aromatic rings. The van der Waals surface area contributed by atoms with Crippen LogP contribution >= 0.6 is 0 Å². The molecule has 180 valence electrons. The van der Waals surface area contributed by atoms with E-state index < -0.39 is 5.09 Å². The van der Waals surface area contributed by atoms with Crippen molar-refractivity contribution in [3.8, 4) is 11.5 Å². The second-order valence-corrected chi connectivity index (χ2v) is 10.8. The minimum atomic E-state index is -0.742. The highest BCUT2D eigenvalue weighted by Crippen LogP contribution is 2.56. The third kappa shape index (κ3) is 5.48. The van der Waals surface area contributed by atoms with Gasteiger partial charge in [-0.1, -0.05) is 33.1 Å². The predicted molar refractivity (Wildman–Crippen MR) is 123 cm³/mol. The van der Waals surface area contributed by atoms with Gasteiger partial charge in [-0.25, -0.2) is 0 Å². The third-order valence-corrected chi connectivity index (χ3v) is 7.65. The summed E-state index contributed by atoms with van der Waals surface area (Å²) < 4.78 is 6.47. The summed E-state index contributed by atoms with van der Waals surface area (Å²) in [6.07, 6.45) is 7.40. The van der Waals surface area contributed by atoms with Crippen LogP contribution in [-0.2, 0) is 10.3 Å². The van der Waals surface area contributed by atoms with E-state index in [4.69, 9.17) is 4.74 Å². The van der Waals surface area contributed by atoms with Crippen LogP contribution < -0.4 is 4.74 Å². The van der Waals surface area contributed by atoms with Crippen molar-refractivity contribution < 1.29 is 24.9 Å². The Hall–Kier alpha value is -2.02. The maximum Gasteiger partial charge on any atom is 0.294 e. The minimum Gasteiger partial charge on any atom is -0.508 e. The summed E-state index contributed by atoms with van der Waals surface area (Å²) in [5.41, 5.74) is 1.54. The molecule has 0 saturated heterocycles. The molecule has 0 unspecified atom stereocenters. The molecule has 3 rings (SSSR count). The van der Waals surface area contributed by atoms with Gasteiger partial charge in [0.15, 0.2) is 0 Å². The molecule has 0 amide bonds. The molecule has 1 aliphatic carbocycles. The van der Waals surface area contributed by atoms with Crippen molar-refractivity contribution in [1.29, 1.82) is 0 Å². The maximum atomic E-state index is 11.1. The molecule has 1 heterocycles. The predicted octanol–water partition coefficient (Wildman–Crippen LogP) is 5.49. The SMILES string of the molecule is CC(C)(CCCCCCO[N+](=O)[O-])c1cc(O)c2c(c1)OC(C)(C)[C@@H]1CC[C@@H](CO)C[C@@H]21. The van der Waals surface area contributed by atoms with E-state index in [1.165, 1.54) is 0 Å². The fraction of sp³-hybridized carbons (Fsp3) is 0.760. The molecule has 2 aliphatic rings. The zero-order valence-electron chi connectivity index (χ0n) is 19.9. The lowest BCUT2D eigenvalue weighted by Gasteiger charge is -2.49. The van der Waals surface area contributed by atoms with E-state index >= 15 is 0 Å². The Kier molecular flexibility index (Phi) is 7.58. The number of nitrogens with zero attached hydrogens (tertiary/aromatic N) is 1. The van der Waals surface area contributed by atoms with E-state index in [-0.39, 0.29) is 36.1 Å². The van der Waals surface area contributed by atoms with Gasteiger partial charge in [-0.3, -0.25) is 0 Å². The van der Waals surface area contributed by atoms with Crippen LogP contribution in [0.2, 0.25) is 0 Å². The monoisotopic (exact) mass is 449 g/mol. The summed E-state index contributed by atoms with van der Waals surface area (Å²) in [6.45, 7) is 9.01. The van der Waals surface area contributed by atoms with Gasteiger partial charge in [0.25, 0.3) is 5.09 Å². The second kappa shape index (κ2) is 9.86. The molecule has 7 heteroatoms. The number of phenols is 1. The molecule has 0 spiro atoms. The van der Waals surface area contributed by atoms with Crippen LogP contribution in [0.15, 0.2) is 12.1 Å². The normalized spacial score (nSPS) is 24.2. The van der Waals surface area contributed by atoms with E-state index in [0.29, 0.717) is 18.1 Å². The molecule has 7 nitrogen and oxygen atoms in total. The van der Waals surface area contributed by atoms with Gasteiger partial charge in [-0.05, 0) is 80.9 Å². The molecule has 2 N–H and O–H groups in total. The lowest BCUT2D eigenvalue weighted by Crippen LogP contribution is -2.47. The summed E-state index contributed by atoms with van der Waals surface area (Å²) in [5, 5.41) is 30.3. The van der Waals surface area contributed by atoms with Crippen molar-refractivity contribution >= 4 is 0 Å². The fourth-order valence-electron chi connectivity index (χ4n) is 5.70. The highest BCUT2D eigenvalue weighted by molar-refractivity contribution is 5.53. The highest BCUT2D eigenvalue weighted by Gasteiger charge is 2.47. The minimum absolute atomic E-state index is 0.131. The average Bonchev–Trinajstić information content (AvgIpc) is 2.71. The van der Waals surface area contributed by atoms with E-state index in [0.717, 1.165) is 61.8 Å². The molecule has 32 heavy (non-hydrogen) atoms. The number of aliphatic hydroxyl groups excluding tert-OH is 1.